The Kier molecular flexibility index (Phi) is 3.43. The predicted octanol–water partition coefficient (Wildman–Crippen LogP) is 1.41. The van der Waals surface area contributed by atoms with Gasteiger partial charge in [0.1, 0.15) is 11.9 Å². The first kappa shape index (κ1) is 12.1. The fourth-order valence-corrected chi connectivity index (χ4v) is 1.95. The molecule has 1 unspecified atom stereocenters. The predicted molar refractivity (Wildman–Crippen MR) is 67.8 cm³/mol. The van der Waals surface area contributed by atoms with Crippen LogP contribution in [0.2, 0.25) is 0 Å². The van der Waals surface area contributed by atoms with Gasteiger partial charge in [-0.1, -0.05) is 5.16 Å². The van der Waals surface area contributed by atoms with Crippen LogP contribution in [0.4, 0.5) is 0 Å². The number of ether oxygens (including phenoxy) is 2. The molecule has 2 heterocycles. The van der Waals surface area contributed by atoms with Crippen molar-refractivity contribution >= 4 is 0 Å². The zero-order chi connectivity index (χ0) is 13.1. The van der Waals surface area contributed by atoms with E-state index >= 15 is 0 Å². The second-order valence-electron chi connectivity index (χ2n) is 4.25. The number of rotatable bonds is 3. The maximum Gasteiger partial charge on any atom is 0.258 e. The van der Waals surface area contributed by atoms with Gasteiger partial charge in [0.25, 0.3) is 5.89 Å². The summed E-state index contributed by atoms with van der Waals surface area (Å²) in [5.41, 5.74) is 0.864. The first-order valence-electron chi connectivity index (χ1n) is 6.17. The van der Waals surface area contributed by atoms with Crippen LogP contribution in [0.5, 0.6) is 5.75 Å². The molecule has 6 nitrogen and oxygen atoms in total. The summed E-state index contributed by atoms with van der Waals surface area (Å²) in [4.78, 5) is 4.38. The van der Waals surface area contributed by atoms with E-state index in [1.54, 1.807) is 7.11 Å². The zero-order valence-corrected chi connectivity index (χ0v) is 10.6. The molecule has 1 atom stereocenters. The summed E-state index contributed by atoms with van der Waals surface area (Å²) in [6.45, 7) is 2.23. The van der Waals surface area contributed by atoms with Crippen LogP contribution in [-0.4, -0.2) is 36.9 Å². The Morgan fingerprint density at radius 1 is 1.32 bits per heavy atom. The molecule has 1 aromatic heterocycles. The smallest absolute Gasteiger partial charge is 0.258 e. The Morgan fingerprint density at radius 3 is 2.84 bits per heavy atom. The van der Waals surface area contributed by atoms with Gasteiger partial charge >= 0.3 is 0 Å². The molecule has 1 aromatic carbocycles. The van der Waals surface area contributed by atoms with Gasteiger partial charge in [0, 0.05) is 18.7 Å². The Labute approximate surface area is 110 Å². The van der Waals surface area contributed by atoms with E-state index in [2.05, 4.69) is 15.5 Å². The van der Waals surface area contributed by atoms with E-state index in [-0.39, 0.29) is 6.10 Å². The van der Waals surface area contributed by atoms with Crippen molar-refractivity contribution < 1.29 is 14.0 Å². The maximum absolute atomic E-state index is 5.58. The molecule has 6 heteroatoms. The summed E-state index contributed by atoms with van der Waals surface area (Å²) in [6, 6.07) is 7.49. The third-order valence-electron chi connectivity index (χ3n) is 2.99. The molecule has 1 fully saturated rings. The number of nitrogens with zero attached hydrogens (tertiary/aromatic N) is 2. The highest BCUT2D eigenvalue weighted by Crippen LogP contribution is 2.23. The Balaban J connectivity index is 1.79. The molecular weight excluding hydrogens is 246 g/mol. The number of morpholine rings is 1. The number of benzene rings is 1. The van der Waals surface area contributed by atoms with Crippen LogP contribution in [0.25, 0.3) is 11.5 Å². The van der Waals surface area contributed by atoms with Crippen molar-refractivity contribution in [3.05, 3.63) is 30.1 Å². The van der Waals surface area contributed by atoms with E-state index in [1.807, 2.05) is 24.3 Å². The van der Waals surface area contributed by atoms with Gasteiger partial charge in [-0.25, -0.2) is 0 Å². The van der Waals surface area contributed by atoms with E-state index in [4.69, 9.17) is 14.0 Å². The van der Waals surface area contributed by atoms with E-state index in [1.165, 1.54) is 0 Å². The van der Waals surface area contributed by atoms with Crippen molar-refractivity contribution in [3.8, 4) is 17.2 Å². The van der Waals surface area contributed by atoms with Gasteiger partial charge in [-0.15, -0.1) is 0 Å². The molecule has 2 aromatic rings. The third kappa shape index (κ3) is 2.59. The molecule has 0 bridgehead atoms. The molecule has 0 amide bonds. The molecule has 1 aliphatic rings. The van der Waals surface area contributed by atoms with Crippen LogP contribution in [0.1, 0.15) is 11.9 Å². The summed E-state index contributed by atoms with van der Waals surface area (Å²) in [7, 11) is 1.63. The Hall–Kier alpha value is -1.92. The number of hydrogen-bond acceptors (Lipinski definition) is 6. The van der Waals surface area contributed by atoms with E-state index in [0.717, 1.165) is 17.9 Å². The highest BCUT2D eigenvalue weighted by Gasteiger charge is 2.21. The minimum absolute atomic E-state index is 0.135. The standard InChI is InChI=1S/C13H15N3O3/c1-17-10-4-2-9(3-5-10)13-15-12(16-19-13)11-8-14-6-7-18-11/h2-5,11,14H,6-8H2,1H3. The SMILES string of the molecule is COc1ccc(-c2nc(C3CNCCO3)no2)cc1. The van der Waals surface area contributed by atoms with Crippen LogP contribution >= 0.6 is 0 Å². The average Bonchev–Trinajstić information content (AvgIpc) is 2.98. The highest BCUT2D eigenvalue weighted by molar-refractivity contribution is 5.54. The molecular formula is C13H15N3O3. The van der Waals surface area contributed by atoms with Gasteiger partial charge in [0.15, 0.2) is 0 Å². The van der Waals surface area contributed by atoms with Crippen molar-refractivity contribution in [2.75, 3.05) is 26.8 Å². The van der Waals surface area contributed by atoms with E-state index in [0.29, 0.717) is 24.9 Å². The summed E-state index contributed by atoms with van der Waals surface area (Å²) >= 11 is 0. The average molecular weight is 261 g/mol. The van der Waals surface area contributed by atoms with Gasteiger partial charge in [-0.2, -0.15) is 4.98 Å². The summed E-state index contributed by atoms with van der Waals surface area (Å²) in [5.74, 6) is 1.87. The van der Waals surface area contributed by atoms with Crippen molar-refractivity contribution in [2.45, 2.75) is 6.10 Å². The largest absolute Gasteiger partial charge is 0.497 e. The van der Waals surface area contributed by atoms with Gasteiger partial charge in [-0.05, 0) is 24.3 Å². The molecule has 1 aliphatic heterocycles. The minimum atomic E-state index is -0.135. The van der Waals surface area contributed by atoms with Crippen molar-refractivity contribution in [2.24, 2.45) is 0 Å². The Bertz CT molecular complexity index is 532. The Morgan fingerprint density at radius 2 is 2.16 bits per heavy atom. The number of methoxy groups -OCH3 is 1. The summed E-state index contributed by atoms with van der Waals surface area (Å²) < 4.78 is 16.0. The molecule has 100 valence electrons. The molecule has 0 aliphatic carbocycles. The first-order chi connectivity index (χ1) is 9.36. The molecule has 1 saturated heterocycles. The third-order valence-corrected chi connectivity index (χ3v) is 2.99. The van der Waals surface area contributed by atoms with Crippen molar-refractivity contribution in [3.63, 3.8) is 0 Å². The second-order valence-corrected chi connectivity index (χ2v) is 4.25. The minimum Gasteiger partial charge on any atom is -0.497 e. The van der Waals surface area contributed by atoms with Crippen molar-refractivity contribution in [1.82, 2.24) is 15.5 Å². The number of aromatic nitrogens is 2. The van der Waals surface area contributed by atoms with Crippen LogP contribution < -0.4 is 10.1 Å². The van der Waals surface area contributed by atoms with Crippen LogP contribution in [0.15, 0.2) is 28.8 Å². The fraction of sp³-hybridized carbons (Fsp3) is 0.385. The van der Waals surface area contributed by atoms with Gasteiger partial charge in [0.05, 0.1) is 13.7 Å². The van der Waals surface area contributed by atoms with Crippen molar-refractivity contribution in [1.29, 1.82) is 0 Å². The first-order valence-corrected chi connectivity index (χ1v) is 6.17. The second kappa shape index (κ2) is 5.38. The number of nitrogens with one attached hydrogen (secondary N) is 1. The quantitative estimate of drug-likeness (QED) is 0.900. The van der Waals surface area contributed by atoms with Crippen LogP contribution in [-0.2, 0) is 4.74 Å². The fourth-order valence-electron chi connectivity index (χ4n) is 1.95. The molecule has 0 radical (unpaired) electrons. The molecule has 0 saturated carbocycles. The van der Waals surface area contributed by atoms with E-state index < -0.39 is 0 Å². The lowest BCUT2D eigenvalue weighted by atomic mass is 10.2. The topological polar surface area (TPSA) is 69.4 Å². The van der Waals surface area contributed by atoms with Crippen LogP contribution in [0, 0.1) is 0 Å². The van der Waals surface area contributed by atoms with Gasteiger partial charge < -0.3 is 19.3 Å². The monoisotopic (exact) mass is 261 g/mol. The normalized spacial score (nSPS) is 19.3. The molecule has 1 N–H and O–H groups in total. The highest BCUT2D eigenvalue weighted by atomic mass is 16.5. The maximum atomic E-state index is 5.58. The van der Waals surface area contributed by atoms with Gasteiger partial charge in [-0.3, -0.25) is 0 Å². The zero-order valence-electron chi connectivity index (χ0n) is 10.6. The lowest BCUT2D eigenvalue weighted by molar-refractivity contribution is 0.0208. The van der Waals surface area contributed by atoms with Gasteiger partial charge in [0.2, 0.25) is 5.82 Å². The number of hydrogen-bond donors (Lipinski definition) is 1. The summed E-state index contributed by atoms with van der Waals surface area (Å²) in [5, 5.41) is 7.21. The molecule has 19 heavy (non-hydrogen) atoms. The summed E-state index contributed by atoms with van der Waals surface area (Å²) in [6.07, 6.45) is -0.135. The van der Waals surface area contributed by atoms with E-state index in [9.17, 15) is 0 Å². The lowest BCUT2D eigenvalue weighted by Crippen LogP contribution is -2.33. The lowest BCUT2D eigenvalue weighted by Gasteiger charge is -2.20. The van der Waals surface area contributed by atoms with Crippen LogP contribution in [0.3, 0.4) is 0 Å². The molecule has 0 spiro atoms. The molecule has 3 rings (SSSR count).